The van der Waals surface area contributed by atoms with E-state index in [9.17, 15) is 4.79 Å². The van der Waals surface area contributed by atoms with Crippen LogP contribution in [0, 0.1) is 0 Å². The molecule has 6 nitrogen and oxygen atoms in total. The number of amides is 1. The maximum atomic E-state index is 11.7. The van der Waals surface area contributed by atoms with E-state index in [0.29, 0.717) is 19.0 Å². The van der Waals surface area contributed by atoms with Crippen LogP contribution in [-0.4, -0.2) is 63.0 Å². The number of aliphatic imine (C=N–C) groups is 1. The second-order valence-corrected chi connectivity index (χ2v) is 5.27. The number of rotatable bonds is 7. The lowest BCUT2D eigenvalue weighted by molar-refractivity contribution is -0.127. The highest BCUT2D eigenvalue weighted by atomic mass is 16.5. The van der Waals surface area contributed by atoms with Gasteiger partial charge in [-0.3, -0.25) is 4.79 Å². The number of hydrogen-bond donors (Lipinski definition) is 1. The zero-order valence-electron chi connectivity index (χ0n) is 14.4. The minimum Gasteiger partial charge on any atom is -0.496 e. The van der Waals surface area contributed by atoms with Gasteiger partial charge in [0.25, 0.3) is 0 Å². The number of hydrogen-bond acceptors (Lipinski definition) is 3. The van der Waals surface area contributed by atoms with Crippen molar-refractivity contribution >= 4 is 11.9 Å². The summed E-state index contributed by atoms with van der Waals surface area (Å²) < 4.78 is 5.37. The molecule has 0 bridgehead atoms. The van der Waals surface area contributed by atoms with Gasteiger partial charge in [-0.25, -0.2) is 4.99 Å². The Balaban J connectivity index is 2.86. The number of benzene rings is 1. The van der Waals surface area contributed by atoms with Crippen molar-refractivity contribution in [2.45, 2.75) is 6.54 Å². The Bertz CT molecular complexity index is 555. The lowest BCUT2D eigenvalue weighted by Crippen LogP contribution is -2.39. The monoisotopic (exact) mass is 318 g/mol. The molecule has 1 aromatic rings. The fourth-order valence-electron chi connectivity index (χ4n) is 1.92. The number of likely N-dealkylation sites (N-methyl/N-ethyl adjacent to an activating group) is 1. The average molecular weight is 318 g/mol. The Labute approximate surface area is 138 Å². The Kier molecular flexibility index (Phi) is 7.66. The van der Waals surface area contributed by atoms with Gasteiger partial charge in [-0.05, 0) is 6.07 Å². The first-order valence-electron chi connectivity index (χ1n) is 7.42. The van der Waals surface area contributed by atoms with E-state index in [4.69, 9.17) is 4.74 Å². The van der Waals surface area contributed by atoms with Crippen LogP contribution in [0.1, 0.15) is 5.56 Å². The average Bonchev–Trinajstić information content (AvgIpc) is 2.54. The van der Waals surface area contributed by atoms with Crippen molar-refractivity contribution in [3.63, 3.8) is 0 Å². The third kappa shape index (κ3) is 6.02. The van der Waals surface area contributed by atoms with Gasteiger partial charge >= 0.3 is 0 Å². The van der Waals surface area contributed by atoms with E-state index in [2.05, 4.69) is 16.9 Å². The quantitative estimate of drug-likeness (QED) is 0.468. The summed E-state index contributed by atoms with van der Waals surface area (Å²) in [7, 11) is 7.00. The first-order chi connectivity index (χ1) is 11.0. The predicted octanol–water partition coefficient (Wildman–Crippen LogP) is 1.35. The smallest absolute Gasteiger partial charge is 0.243 e. The Morgan fingerprint density at radius 1 is 1.35 bits per heavy atom. The van der Waals surface area contributed by atoms with Crippen LogP contribution in [0.2, 0.25) is 0 Å². The fourth-order valence-corrected chi connectivity index (χ4v) is 1.92. The van der Waals surface area contributed by atoms with Gasteiger partial charge in [0.15, 0.2) is 5.96 Å². The summed E-state index contributed by atoms with van der Waals surface area (Å²) in [5.74, 6) is 1.42. The molecule has 1 aromatic carbocycles. The van der Waals surface area contributed by atoms with Gasteiger partial charge in [0, 0.05) is 39.8 Å². The summed E-state index contributed by atoms with van der Waals surface area (Å²) in [5, 5.41) is 3.17. The standard InChI is InChI=1S/C17H26N4O2/c1-6-11-18-17(19-12-16(22)20(2)3)21(4)13-14-9-7-8-10-15(14)23-5/h6-10H,1,11-13H2,2-5H3,(H,18,19). The van der Waals surface area contributed by atoms with Crippen molar-refractivity contribution in [3.05, 3.63) is 42.5 Å². The molecule has 1 N–H and O–H groups in total. The molecule has 0 radical (unpaired) electrons. The SMILES string of the molecule is C=CCNC(=NCC(=O)N(C)C)N(C)Cc1ccccc1OC. The number of carbonyl (C=O) groups excluding carboxylic acids is 1. The van der Waals surface area contributed by atoms with Crippen molar-refractivity contribution in [3.8, 4) is 5.75 Å². The van der Waals surface area contributed by atoms with Gasteiger partial charge in [-0.15, -0.1) is 6.58 Å². The molecule has 126 valence electrons. The van der Waals surface area contributed by atoms with E-state index in [1.165, 1.54) is 4.90 Å². The topological polar surface area (TPSA) is 57.2 Å². The molecule has 0 atom stereocenters. The predicted molar refractivity (Wildman–Crippen MR) is 93.7 cm³/mol. The molecule has 0 aromatic heterocycles. The molecule has 0 unspecified atom stereocenters. The lowest BCUT2D eigenvalue weighted by atomic mass is 10.2. The van der Waals surface area contributed by atoms with Gasteiger partial charge < -0.3 is 19.9 Å². The number of methoxy groups -OCH3 is 1. The van der Waals surface area contributed by atoms with Crippen LogP contribution in [0.15, 0.2) is 41.9 Å². The van der Waals surface area contributed by atoms with E-state index in [1.807, 2.05) is 36.2 Å². The van der Waals surface area contributed by atoms with E-state index in [0.717, 1.165) is 11.3 Å². The molecule has 0 saturated carbocycles. The van der Waals surface area contributed by atoms with Crippen LogP contribution in [0.25, 0.3) is 0 Å². The number of ether oxygens (including phenoxy) is 1. The van der Waals surface area contributed by atoms with E-state index in [-0.39, 0.29) is 12.5 Å². The van der Waals surface area contributed by atoms with Crippen molar-refractivity contribution in [2.75, 3.05) is 41.3 Å². The number of nitrogens with zero attached hydrogens (tertiary/aromatic N) is 3. The molecule has 0 fully saturated rings. The first kappa shape index (κ1) is 18.5. The Hall–Kier alpha value is -2.50. The van der Waals surface area contributed by atoms with Crippen molar-refractivity contribution in [1.29, 1.82) is 0 Å². The molecular weight excluding hydrogens is 292 g/mol. The summed E-state index contributed by atoms with van der Waals surface area (Å²) in [4.78, 5) is 19.6. The fraction of sp³-hybridized carbons (Fsp3) is 0.412. The molecular formula is C17H26N4O2. The molecule has 0 saturated heterocycles. The van der Waals surface area contributed by atoms with Crippen molar-refractivity contribution < 1.29 is 9.53 Å². The van der Waals surface area contributed by atoms with Gasteiger partial charge in [0.2, 0.25) is 5.91 Å². The van der Waals surface area contributed by atoms with Crippen LogP contribution >= 0.6 is 0 Å². The lowest BCUT2D eigenvalue weighted by Gasteiger charge is -2.23. The zero-order valence-corrected chi connectivity index (χ0v) is 14.4. The van der Waals surface area contributed by atoms with Crippen LogP contribution in [0.3, 0.4) is 0 Å². The summed E-state index contributed by atoms with van der Waals surface area (Å²) in [5.41, 5.74) is 1.05. The second kappa shape index (κ2) is 9.50. The normalized spacial score (nSPS) is 10.9. The molecule has 0 spiro atoms. The molecule has 1 rings (SSSR count). The molecule has 23 heavy (non-hydrogen) atoms. The van der Waals surface area contributed by atoms with Gasteiger partial charge in [-0.1, -0.05) is 24.3 Å². The summed E-state index contributed by atoms with van der Waals surface area (Å²) in [6, 6.07) is 7.83. The summed E-state index contributed by atoms with van der Waals surface area (Å²) >= 11 is 0. The zero-order chi connectivity index (χ0) is 17.2. The van der Waals surface area contributed by atoms with Crippen LogP contribution in [-0.2, 0) is 11.3 Å². The third-order valence-corrected chi connectivity index (χ3v) is 3.23. The molecule has 0 heterocycles. The second-order valence-electron chi connectivity index (χ2n) is 5.27. The Morgan fingerprint density at radius 2 is 2.04 bits per heavy atom. The number of guanidine groups is 1. The largest absolute Gasteiger partial charge is 0.496 e. The first-order valence-corrected chi connectivity index (χ1v) is 7.42. The van der Waals surface area contributed by atoms with Crippen LogP contribution in [0.4, 0.5) is 0 Å². The summed E-state index contributed by atoms with van der Waals surface area (Å²) in [6.07, 6.45) is 1.75. The summed E-state index contributed by atoms with van der Waals surface area (Å²) in [6.45, 7) is 4.98. The molecule has 6 heteroatoms. The number of nitrogens with one attached hydrogen (secondary N) is 1. The maximum Gasteiger partial charge on any atom is 0.243 e. The van der Waals surface area contributed by atoms with Gasteiger partial charge in [0.05, 0.1) is 7.11 Å². The van der Waals surface area contributed by atoms with E-state index < -0.39 is 0 Å². The van der Waals surface area contributed by atoms with Crippen molar-refractivity contribution in [1.82, 2.24) is 15.1 Å². The molecule has 0 aliphatic carbocycles. The van der Waals surface area contributed by atoms with E-state index in [1.54, 1.807) is 27.3 Å². The van der Waals surface area contributed by atoms with Gasteiger partial charge in [-0.2, -0.15) is 0 Å². The van der Waals surface area contributed by atoms with Gasteiger partial charge in [0.1, 0.15) is 12.3 Å². The minimum atomic E-state index is -0.0476. The molecule has 0 aliphatic rings. The number of carbonyl (C=O) groups is 1. The third-order valence-electron chi connectivity index (χ3n) is 3.23. The van der Waals surface area contributed by atoms with E-state index >= 15 is 0 Å². The Morgan fingerprint density at radius 3 is 2.65 bits per heavy atom. The highest BCUT2D eigenvalue weighted by molar-refractivity contribution is 5.84. The van der Waals surface area contributed by atoms with Crippen molar-refractivity contribution in [2.24, 2.45) is 4.99 Å². The van der Waals surface area contributed by atoms with Crippen LogP contribution in [0.5, 0.6) is 5.75 Å². The highest BCUT2D eigenvalue weighted by Gasteiger charge is 2.11. The highest BCUT2D eigenvalue weighted by Crippen LogP contribution is 2.18. The number of para-hydroxylation sites is 1. The van der Waals surface area contributed by atoms with Crippen LogP contribution < -0.4 is 10.1 Å². The molecule has 1 amide bonds. The molecule has 0 aliphatic heterocycles. The maximum absolute atomic E-state index is 11.7. The minimum absolute atomic E-state index is 0.0476.